The summed E-state index contributed by atoms with van der Waals surface area (Å²) in [5.74, 6) is 0.447. The smallest absolute Gasteiger partial charge is 0.318 e. The summed E-state index contributed by atoms with van der Waals surface area (Å²) in [6.45, 7) is 5.13. The van der Waals surface area contributed by atoms with Crippen molar-refractivity contribution in [3.63, 3.8) is 0 Å². The van der Waals surface area contributed by atoms with Gasteiger partial charge in [0.2, 0.25) is 0 Å². The van der Waals surface area contributed by atoms with E-state index in [-0.39, 0.29) is 17.5 Å². The number of carbonyl (C=O) groups excluding carboxylic acids is 1. The van der Waals surface area contributed by atoms with Crippen LogP contribution in [0.1, 0.15) is 42.7 Å². The SMILES string of the molecule is O=C(OC12CC[N+](CCCOc3ccccc3)(CC1)CC2)C(c1ccccc1)c1ccccc1. The molecule has 4 nitrogen and oxygen atoms in total. The number of hydrogen-bond acceptors (Lipinski definition) is 3. The van der Waals surface area contributed by atoms with Gasteiger partial charge in [0.1, 0.15) is 17.3 Å². The van der Waals surface area contributed by atoms with Crippen molar-refractivity contribution in [1.29, 1.82) is 0 Å². The van der Waals surface area contributed by atoms with Crippen LogP contribution in [0.2, 0.25) is 0 Å². The first kappa shape index (κ1) is 22.7. The van der Waals surface area contributed by atoms with E-state index in [0.29, 0.717) is 0 Å². The molecule has 34 heavy (non-hydrogen) atoms. The molecule has 0 amide bonds. The van der Waals surface area contributed by atoms with Gasteiger partial charge in [-0.3, -0.25) is 4.79 Å². The summed E-state index contributed by atoms with van der Waals surface area (Å²) in [4.78, 5) is 13.6. The van der Waals surface area contributed by atoms with E-state index in [4.69, 9.17) is 9.47 Å². The second-order valence-electron chi connectivity index (χ2n) is 9.86. The van der Waals surface area contributed by atoms with E-state index < -0.39 is 0 Å². The molecule has 3 saturated heterocycles. The summed E-state index contributed by atoms with van der Waals surface area (Å²) in [5, 5.41) is 0. The summed E-state index contributed by atoms with van der Waals surface area (Å²) in [6, 6.07) is 30.1. The number of fused-ring (bicyclic) bond motifs is 3. The first-order chi connectivity index (χ1) is 16.7. The number of para-hydroxylation sites is 1. The molecule has 0 N–H and O–H groups in total. The van der Waals surface area contributed by atoms with Gasteiger partial charge >= 0.3 is 5.97 Å². The Balaban J connectivity index is 1.19. The van der Waals surface area contributed by atoms with Crippen LogP contribution >= 0.6 is 0 Å². The molecule has 0 unspecified atom stereocenters. The summed E-state index contributed by atoms with van der Waals surface area (Å²) < 4.78 is 13.4. The normalized spacial score (nSPS) is 23.6. The number of benzene rings is 3. The average Bonchev–Trinajstić information content (AvgIpc) is 2.90. The van der Waals surface area contributed by atoms with Crippen molar-refractivity contribution in [2.75, 3.05) is 32.8 Å². The highest BCUT2D eigenvalue weighted by Gasteiger charge is 2.51. The number of piperidine rings is 3. The van der Waals surface area contributed by atoms with Gasteiger partial charge < -0.3 is 14.0 Å². The molecule has 176 valence electrons. The maximum atomic E-state index is 13.6. The fraction of sp³-hybridized carbons (Fsp3) is 0.367. The molecule has 0 saturated carbocycles. The minimum Gasteiger partial charge on any atom is -0.493 e. The molecule has 3 heterocycles. The lowest BCUT2D eigenvalue weighted by Crippen LogP contribution is -2.65. The van der Waals surface area contributed by atoms with Crippen LogP contribution in [0.5, 0.6) is 5.75 Å². The van der Waals surface area contributed by atoms with Crippen LogP contribution in [0.25, 0.3) is 0 Å². The molecule has 3 aliphatic rings. The van der Waals surface area contributed by atoms with E-state index in [1.807, 2.05) is 91.0 Å². The summed E-state index contributed by atoms with van der Waals surface area (Å²) in [5.41, 5.74) is 1.68. The van der Waals surface area contributed by atoms with E-state index in [1.54, 1.807) is 0 Å². The summed E-state index contributed by atoms with van der Waals surface area (Å²) >= 11 is 0. The predicted molar refractivity (Wildman–Crippen MR) is 134 cm³/mol. The zero-order valence-electron chi connectivity index (χ0n) is 19.8. The molecule has 0 spiro atoms. The lowest BCUT2D eigenvalue weighted by atomic mass is 9.80. The Morgan fingerprint density at radius 3 is 1.79 bits per heavy atom. The van der Waals surface area contributed by atoms with Gasteiger partial charge in [0.15, 0.2) is 0 Å². The minimum absolute atomic E-state index is 0.115. The number of rotatable bonds is 9. The topological polar surface area (TPSA) is 35.5 Å². The minimum atomic E-state index is -0.380. The number of quaternary nitrogens is 1. The van der Waals surface area contributed by atoms with E-state index in [0.717, 1.165) is 79.8 Å². The molecule has 0 aliphatic carbocycles. The maximum absolute atomic E-state index is 13.6. The Morgan fingerprint density at radius 1 is 0.765 bits per heavy atom. The van der Waals surface area contributed by atoms with Crippen LogP contribution in [0.3, 0.4) is 0 Å². The Labute approximate surface area is 202 Å². The van der Waals surface area contributed by atoms with E-state index in [9.17, 15) is 4.79 Å². The number of carbonyl (C=O) groups is 1. The van der Waals surface area contributed by atoms with E-state index in [1.165, 1.54) is 0 Å². The second kappa shape index (κ2) is 10.0. The predicted octanol–water partition coefficient (Wildman–Crippen LogP) is 5.58. The fourth-order valence-corrected chi connectivity index (χ4v) is 5.66. The zero-order chi connectivity index (χ0) is 23.3. The first-order valence-corrected chi connectivity index (χ1v) is 12.5. The number of ether oxygens (including phenoxy) is 2. The molecular formula is C30H34NO3+. The lowest BCUT2D eigenvalue weighted by molar-refractivity contribution is -0.944. The third kappa shape index (κ3) is 5.02. The highest BCUT2D eigenvalue weighted by Crippen LogP contribution is 2.41. The largest absolute Gasteiger partial charge is 0.493 e. The van der Waals surface area contributed by atoms with Gasteiger partial charge in [-0.25, -0.2) is 0 Å². The van der Waals surface area contributed by atoms with Crippen LogP contribution < -0.4 is 4.74 Å². The van der Waals surface area contributed by atoms with Gasteiger partial charge in [0.25, 0.3) is 0 Å². The molecule has 6 rings (SSSR count). The molecule has 0 radical (unpaired) electrons. The van der Waals surface area contributed by atoms with Gasteiger partial charge in [0, 0.05) is 25.7 Å². The van der Waals surface area contributed by atoms with Crippen LogP contribution in [-0.2, 0) is 9.53 Å². The van der Waals surface area contributed by atoms with Crippen molar-refractivity contribution < 1.29 is 18.8 Å². The maximum Gasteiger partial charge on any atom is 0.318 e. The van der Waals surface area contributed by atoms with E-state index in [2.05, 4.69) is 0 Å². The summed E-state index contributed by atoms with van der Waals surface area (Å²) in [6.07, 6.45) is 3.91. The third-order valence-electron chi connectivity index (χ3n) is 7.73. The van der Waals surface area contributed by atoms with E-state index >= 15 is 0 Å². The van der Waals surface area contributed by atoms with Crippen LogP contribution in [0, 0.1) is 0 Å². The van der Waals surface area contributed by atoms with Gasteiger partial charge in [-0.1, -0.05) is 78.9 Å². The van der Waals surface area contributed by atoms with Crippen molar-refractivity contribution in [2.24, 2.45) is 0 Å². The molecule has 0 aromatic heterocycles. The van der Waals surface area contributed by atoms with Crippen molar-refractivity contribution in [1.82, 2.24) is 0 Å². The summed E-state index contributed by atoms with van der Waals surface area (Å²) in [7, 11) is 0. The van der Waals surface area contributed by atoms with Gasteiger partial charge in [0.05, 0.1) is 32.8 Å². The molecular weight excluding hydrogens is 422 g/mol. The van der Waals surface area contributed by atoms with Crippen LogP contribution in [0.15, 0.2) is 91.0 Å². The third-order valence-corrected chi connectivity index (χ3v) is 7.73. The highest BCUT2D eigenvalue weighted by molar-refractivity contribution is 5.82. The monoisotopic (exact) mass is 456 g/mol. The zero-order valence-corrected chi connectivity index (χ0v) is 19.8. The van der Waals surface area contributed by atoms with Gasteiger partial charge in [-0.05, 0) is 23.3 Å². The van der Waals surface area contributed by atoms with Crippen LogP contribution in [0.4, 0.5) is 0 Å². The van der Waals surface area contributed by atoms with Crippen molar-refractivity contribution in [3.05, 3.63) is 102 Å². The number of esters is 1. The van der Waals surface area contributed by atoms with Gasteiger partial charge in [-0.2, -0.15) is 0 Å². The molecule has 2 bridgehead atoms. The van der Waals surface area contributed by atoms with Gasteiger partial charge in [-0.15, -0.1) is 0 Å². The molecule has 3 aromatic rings. The molecule has 4 heteroatoms. The molecule has 3 aliphatic heterocycles. The Kier molecular flexibility index (Phi) is 6.68. The van der Waals surface area contributed by atoms with Crippen molar-refractivity contribution in [3.8, 4) is 5.75 Å². The number of nitrogens with zero attached hydrogens (tertiary/aromatic N) is 1. The number of hydrogen-bond donors (Lipinski definition) is 0. The lowest BCUT2D eigenvalue weighted by Gasteiger charge is -2.54. The Bertz CT molecular complexity index is 1000. The standard InChI is InChI=1S/C30H34NO3/c32-29(28(25-11-4-1-5-12-25)26-13-6-2-7-14-26)34-30-17-21-31(22-18-30,23-19-30)20-10-24-33-27-15-8-3-9-16-27/h1-9,11-16,28H,10,17-24H2/q+1. The quantitative estimate of drug-likeness (QED) is 0.239. The molecule has 3 fully saturated rings. The van der Waals surface area contributed by atoms with Crippen molar-refractivity contribution >= 4 is 5.97 Å². The molecule has 0 atom stereocenters. The first-order valence-electron chi connectivity index (χ1n) is 12.5. The average molecular weight is 457 g/mol. The fourth-order valence-electron chi connectivity index (χ4n) is 5.66. The Morgan fingerprint density at radius 2 is 1.26 bits per heavy atom. The van der Waals surface area contributed by atoms with Crippen molar-refractivity contribution in [2.45, 2.75) is 37.2 Å². The molecule has 3 aromatic carbocycles. The highest BCUT2D eigenvalue weighted by atomic mass is 16.6. The van der Waals surface area contributed by atoms with Crippen LogP contribution in [-0.4, -0.2) is 48.8 Å². The Hall–Kier alpha value is -3.11. The second-order valence-corrected chi connectivity index (χ2v) is 9.86.